The smallest absolute Gasteiger partial charge is 0.310 e. The Hall–Kier alpha value is -2.18. The summed E-state index contributed by atoms with van der Waals surface area (Å²) in [5, 5.41) is 2.10. The van der Waals surface area contributed by atoms with E-state index in [0.717, 1.165) is 30.6 Å². The van der Waals surface area contributed by atoms with Gasteiger partial charge in [0.25, 0.3) is 5.91 Å². The van der Waals surface area contributed by atoms with E-state index in [4.69, 9.17) is 0 Å². The summed E-state index contributed by atoms with van der Waals surface area (Å²) in [5.41, 5.74) is 1.92. The largest absolute Gasteiger partial charge is 0.336 e. The Morgan fingerprint density at radius 1 is 1.19 bits per heavy atom. The number of amides is 3. The molecule has 1 unspecified atom stereocenters. The summed E-state index contributed by atoms with van der Waals surface area (Å²) in [4.78, 5) is 31.5. The van der Waals surface area contributed by atoms with E-state index >= 15 is 0 Å². The number of rotatable bonds is 4. The van der Waals surface area contributed by atoms with Gasteiger partial charge in [-0.3, -0.25) is 9.69 Å². The van der Waals surface area contributed by atoms with Crippen LogP contribution in [0.4, 0.5) is 10.5 Å². The van der Waals surface area contributed by atoms with Crippen LogP contribution in [0.5, 0.6) is 0 Å². The quantitative estimate of drug-likeness (QED) is 0.841. The van der Waals surface area contributed by atoms with Gasteiger partial charge in [-0.1, -0.05) is 23.8 Å². The first-order chi connectivity index (χ1) is 12.6. The molecule has 2 aliphatic rings. The minimum atomic E-state index is -0.451. The van der Waals surface area contributed by atoms with Crippen molar-refractivity contribution < 1.29 is 14.5 Å². The van der Waals surface area contributed by atoms with Crippen molar-refractivity contribution in [2.75, 3.05) is 18.1 Å². The van der Waals surface area contributed by atoms with E-state index in [1.807, 2.05) is 38.1 Å². The summed E-state index contributed by atoms with van der Waals surface area (Å²) in [6.07, 6.45) is 2.24. The molecular formula is C20H24N3O2S+. The maximum atomic E-state index is 13.0. The van der Waals surface area contributed by atoms with E-state index in [1.54, 1.807) is 16.2 Å². The van der Waals surface area contributed by atoms with Crippen molar-refractivity contribution in [3.05, 3.63) is 52.2 Å². The van der Waals surface area contributed by atoms with Crippen molar-refractivity contribution in [3.8, 4) is 0 Å². The number of likely N-dealkylation sites (tertiary alicyclic amines) is 1. The first kappa shape index (κ1) is 17.2. The molecule has 0 radical (unpaired) electrons. The van der Waals surface area contributed by atoms with Gasteiger partial charge in [0.2, 0.25) is 0 Å². The molecule has 6 heteroatoms. The standard InChI is InChI=1S/C20H23N3O2S/c1-14-7-9-16(10-8-14)23-15(2)19(24)22(20(23)25)13-21-11-3-5-17(21)18-6-4-12-26-18/h4,6-10,12,15,17H,3,5,11,13H2,1-2H3/p+1/t15-,17+/m0/s1. The van der Waals surface area contributed by atoms with Gasteiger partial charge in [-0.15, -0.1) is 11.3 Å². The first-order valence-corrected chi connectivity index (χ1v) is 10.0. The van der Waals surface area contributed by atoms with Crippen molar-refractivity contribution in [2.24, 2.45) is 0 Å². The number of urea groups is 1. The van der Waals surface area contributed by atoms with Crippen molar-refractivity contribution in [1.82, 2.24) is 4.90 Å². The first-order valence-electron chi connectivity index (χ1n) is 9.15. The Morgan fingerprint density at radius 3 is 2.65 bits per heavy atom. The van der Waals surface area contributed by atoms with Crippen LogP contribution < -0.4 is 9.80 Å². The summed E-state index contributed by atoms with van der Waals surface area (Å²) in [6, 6.07) is 11.7. The van der Waals surface area contributed by atoms with Crippen LogP contribution in [0.3, 0.4) is 0 Å². The van der Waals surface area contributed by atoms with E-state index in [0.29, 0.717) is 12.7 Å². The molecule has 3 atom stereocenters. The fraction of sp³-hybridized carbons (Fsp3) is 0.400. The summed E-state index contributed by atoms with van der Waals surface area (Å²) < 4.78 is 0. The summed E-state index contributed by atoms with van der Waals surface area (Å²) in [6.45, 7) is 5.28. The number of carbonyl (C=O) groups excluding carboxylic acids is 2. The number of carbonyl (C=O) groups is 2. The number of quaternary nitrogens is 1. The van der Waals surface area contributed by atoms with Crippen molar-refractivity contribution in [1.29, 1.82) is 0 Å². The fourth-order valence-electron chi connectivity index (χ4n) is 4.05. The Labute approximate surface area is 157 Å². The van der Waals surface area contributed by atoms with Gasteiger partial charge in [0.1, 0.15) is 12.1 Å². The summed E-state index contributed by atoms with van der Waals surface area (Å²) in [7, 11) is 0. The minimum Gasteiger partial charge on any atom is -0.310 e. The molecule has 2 aromatic rings. The zero-order valence-electron chi connectivity index (χ0n) is 15.1. The molecule has 1 N–H and O–H groups in total. The van der Waals surface area contributed by atoms with Crippen molar-refractivity contribution >= 4 is 29.0 Å². The average Bonchev–Trinajstić information content (AvgIpc) is 3.35. The van der Waals surface area contributed by atoms with Crippen LogP contribution in [0.15, 0.2) is 41.8 Å². The Kier molecular flexibility index (Phi) is 4.54. The van der Waals surface area contributed by atoms with Gasteiger partial charge in [-0.2, -0.15) is 0 Å². The molecule has 2 fully saturated rings. The highest BCUT2D eigenvalue weighted by molar-refractivity contribution is 7.10. The molecule has 3 heterocycles. The van der Waals surface area contributed by atoms with E-state index in [9.17, 15) is 9.59 Å². The molecule has 2 saturated heterocycles. The van der Waals surface area contributed by atoms with Gasteiger partial charge < -0.3 is 4.90 Å². The number of anilines is 1. The maximum absolute atomic E-state index is 13.0. The second-order valence-corrected chi connectivity index (χ2v) is 8.19. The number of imide groups is 1. The average molecular weight is 370 g/mol. The molecule has 2 aliphatic heterocycles. The third-order valence-corrected chi connectivity index (χ3v) is 6.48. The normalized spacial score (nSPS) is 26.2. The van der Waals surface area contributed by atoms with E-state index in [2.05, 4.69) is 17.5 Å². The molecule has 136 valence electrons. The number of benzene rings is 1. The summed E-state index contributed by atoms with van der Waals surface area (Å²) >= 11 is 1.76. The van der Waals surface area contributed by atoms with Gasteiger partial charge >= 0.3 is 6.03 Å². The Bertz CT molecular complexity index is 803. The number of thiophene rings is 1. The number of aryl methyl sites for hydroxylation is 1. The zero-order valence-corrected chi connectivity index (χ0v) is 16.0. The van der Waals surface area contributed by atoms with Crippen LogP contribution in [0.25, 0.3) is 0 Å². The van der Waals surface area contributed by atoms with Gasteiger partial charge in [0.15, 0.2) is 6.67 Å². The third-order valence-electron chi connectivity index (χ3n) is 5.49. The van der Waals surface area contributed by atoms with E-state index in [1.165, 1.54) is 14.7 Å². The van der Waals surface area contributed by atoms with Gasteiger partial charge in [0.05, 0.1) is 11.4 Å². The number of nitrogens with one attached hydrogen (secondary N) is 1. The predicted octanol–water partition coefficient (Wildman–Crippen LogP) is 2.59. The second kappa shape index (κ2) is 6.85. The number of hydrogen-bond acceptors (Lipinski definition) is 3. The second-order valence-electron chi connectivity index (χ2n) is 7.21. The monoisotopic (exact) mass is 370 g/mol. The zero-order chi connectivity index (χ0) is 18.3. The number of hydrogen-bond donors (Lipinski definition) is 1. The molecule has 0 spiro atoms. The molecule has 0 aliphatic carbocycles. The van der Waals surface area contributed by atoms with Crippen LogP contribution >= 0.6 is 11.3 Å². The Morgan fingerprint density at radius 2 is 1.96 bits per heavy atom. The van der Waals surface area contributed by atoms with Gasteiger partial charge in [0, 0.05) is 18.5 Å². The third kappa shape index (κ3) is 2.93. The van der Waals surface area contributed by atoms with Crippen LogP contribution in [0.1, 0.15) is 36.2 Å². The SMILES string of the molecule is Cc1ccc(N2C(=O)N(C[NH+]3CCC[C@@H]3c3cccs3)C(=O)[C@@H]2C)cc1. The van der Waals surface area contributed by atoms with Crippen LogP contribution in [-0.2, 0) is 4.79 Å². The lowest BCUT2D eigenvalue weighted by molar-refractivity contribution is -0.925. The van der Waals surface area contributed by atoms with E-state index < -0.39 is 6.04 Å². The molecule has 1 aromatic heterocycles. The van der Waals surface area contributed by atoms with Crippen LogP contribution in [-0.4, -0.2) is 36.1 Å². The van der Waals surface area contributed by atoms with Gasteiger partial charge in [-0.05, 0) is 37.4 Å². The maximum Gasteiger partial charge on any atom is 0.336 e. The Balaban J connectivity index is 1.54. The molecule has 1 aromatic carbocycles. The van der Waals surface area contributed by atoms with Crippen LogP contribution in [0, 0.1) is 6.92 Å². The summed E-state index contributed by atoms with van der Waals surface area (Å²) in [5.74, 6) is -0.0973. The molecule has 3 amide bonds. The highest BCUT2D eigenvalue weighted by atomic mass is 32.1. The lowest BCUT2D eigenvalue weighted by Gasteiger charge is -2.25. The topological polar surface area (TPSA) is 45.1 Å². The van der Waals surface area contributed by atoms with Crippen molar-refractivity contribution in [3.63, 3.8) is 0 Å². The van der Waals surface area contributed by atoms with E-state index in [-0.39, 0.29) is 11.9 Å². The van der Waals surface area contributed by atoms with Crippen LogP contribution in [0.2, 0.25) is 0 Å². The van der Waals surface area contributed by atoms with Crippen molar-refractivity contribution in [2.45, 2.75) is 38.8 Å². The molecule has 26 heavy (non-hydrogen) atoms. The highest BCUT2D eigenvalue weighted by Gasteiger charge is 2.46. The highest BCUT2D eigenvalue weighted by Crippen LogP contribution is 2.27. The lowest BCUT2D eigenvalue weighted by atomic mass is 10.2. The molecule has 0 saturated carbocycles. The molecule has 4 rings (SSSR count). The molecular weight excluding hydrogens is 346 g/mol. The van der Waals surface area contributed by atoms with Gasteiger partial charge in [-0.25, -0.2) is 9.69 Å². The number of nitrogens with zero attached hydrogens (tertiary/aromatic N) is 2. The minimum absolute atomic E-state index is 0.0973. The molecule has 5 nitrogen and oxygen atoms in total. The fourth-order valence-corrected chi connectivity index (χ4v) is 4.97. The lowest BCUT2D eigenvalue weighted by Crippen LogP contribution is -3.12. The molecule has 0 bridgehead atoms. The predicted molar refractivity (Wildman–Crippen MR) is 102 cm³/mol.